The van der Waals surface area contributed by atoms with Crippen molar-refractivity contribution in [2.75, 3.05) is 0 Å². The number of rotatable bonds is 3. The van der Waals surface area contributed by atoms with E-state index >= 15 is 0 Å². The summed E-state index contributed by atoms with van der Waals surface area (Å²) in [7, 11) is 0. The molecule has 3 heteroatoms. The maximum Gasteiger partial charge on any atom is 0.260 e. The van der Waals surface area contributed by atoms with E-state index < -0.39 is 0 Å². The molecule has 0 N–H and O–H groups in total. The van der Waals surface area contributed by atoms with Crippen LogP contribution in [0.3, 0.4) is 0 Å². The van der Waals surface area contributed by atoms with Crippen LogP contribution in [0.15, 0.2) is 164 Å². The van der Waals surface area contributed by atoms with Crippen LogP contribution in [0.25, 0.3) is 54.9 Å². The van der Waals surface area contributed by atoms with Crippen LogP contribution in [-0.4, -0.2) is 6.71 Å². The third-order valence-corrected chi connectivity index (χ3v) is 9.79. The zero-order valence-corrected chi connectivity index (χ0v) is 25.5. The quantitative estimate of drug-likeness (QED) is 0.149. The molecule has 0 radical (unpaired) electrons. The Labute approximate surface area is 273 Å². The lowest BCUT2D eigenvalue weighted by molar-refractivity contribution is 0.465. The fourth-order valence-electron chi connectivity index (χ4n) is 7.83. The highest BCUT2D eigenvalue weighted by Crippen LogP contribution is 2.45. The van der Waals surface area contributed by atoms with E-state index in [-0.39, 0.29) is 6.71 Å². The fourth-order valence-corrected chi connectivity index (χ4v) is 7.83. The van der Waals surface area contributed by atoms with E-state index in [1.54, 1.807) is 0 Å². The SMILES string of the molecule is c1ccc(-c2c3ccccc3c(-c3cccc(-c4cccc5c4Oc4cccc6c4B5c4ccccc4O6)c3)c3ccccc23)cc1. The second-order valence-corrected chi connectivity index (χ2v) is 12.4. The van der Waals surface area contributed by atoms with Gasteiger partial charge in [0.2, 0.25) is 0 Å². The van der Waals surface area contributed by atoms with E-state index in [4.69, 9.17) is 9.47 Å². The molecule has 8 aromatic rings. The molecule has 0 atom stereocenters. The summed E-state index contributed by atoms with van der Waals surface area (Å²) >= 11 is 0. The van der Waals surface area contributed by atoms with Gasteiger partial charge >= 0.3 is 0 Å². The topological polar surface area (TPSA) is 18.5 Å². The molecule has 2 aliphatic heterocycles. The van der Waals surface area contributed by atoms with Crippen molar-refractivity contribution in [1.29, 1.82) is 0 Å². The van der Waals surface area contributed by atoms with Crippen LogP contribution < -0.4 is 25.9 Å². The summed E-state index contributed by atoms with van der Waals surface area (Å²) in [5.41, 5.74) is 10.6. The molecular weight excluding hydrogens is 571 g/mol. The van der Waals surface area contributed by atoms with Crippen LogP contribution in [-0.2, 0) is 0 Å². The number of benzene rings is 8. The molecule has 2 nitrogen and oxygen atoms in total. The van der Waals surface area contributed by atoms with Gasteiger partial charge in [-0.2, -0.15) is 0 Å². The first kappa shape index (κ1) is 26.2. The van der Waals surface area contributed by atoms with E-state index in [9.17, 15) is 0 Å². The lowest BCUT2D eigenvalue weighted by Gasteiger charge is -2.33. The lowest BCUT2D eigenvalue weighted by Crippen LogP contribution is -2.57. The Morgan fingerprint density at radius 1 is 0.362 bits per heavy atom. The third-order valence-electron chi connectivity index (χ3n) is 9.79. The van der Waals surface area contributed by atoms with Gasteiger partial charge in [-0.3, -0.25) is 0 Å². The number of ether oxygens (including phenoxy) is 2. The summed E-state index contributed by atoms with van der Waals surface area (Å²) in [6, 6.07) is 58.4. The average Bonchev–Trinajstić information content (AvgIpc) is 3.14. The minimum absolute atomic E-state index is 0.0384. The van der Waals surface area contributed by atoms with Gasteiger partial charge in [0, 0.05) is 11.0 Å². The highest BCUT2D eigenvalue weighted by Gasteiger charge is 2.40. The van der Waals surface area contributed by atoms with Gasteiger partial charge < -0.3 is 9.47 Å². The van der Waals surface area contributed by atoms with Gasteiger partial charge in [0.25, 0.3) is 6.71 Å². The van der Waals surface area contributed by atoms with Gasteiger partial charge in [-0.15, -0.1) is 0 Å². The van der Waals surface area contributed by atoms with Gasteiger partial charge in [0.1, 0.15) is 23.0 Å². The molecule has 2 aliphatic rings. The zero-order chi connectivity index (χ0) is 30.9. The maximum atomic E-state index is 6.80. The first-order chi connectivity index (χ1) is 23.3. The largest absolute Gasteiger partial charge is 0.458 e. The van der Waals surface area contributed by atoms with Crippen molar-refractivity contribution in [1.82, 2.24) is 0 Å². The summed E-state index contributed by atoms with van der Waals surface area (Å²) in [5, 5.41) is 5.00. The Morgan fingerprint density at radius 3 is 1.62 bits per heavy atom. The second kappa shape index (κ2) is 10.2. The van der Waals surface area contributed by atoms with Crippen LogP contribution in [0, 0.1) is 0 Å². The van der Waals surface area contributed by atoms with Crippen molar-refractivity contribution in [2.24, 2.45) is 0 Å². The first-order valence-electron chi connectivity index (χ1n) is 16.1. The first-order valence-corrected chi connectivity index (χ1v) is 16.1. The second-order valence-electron chi connectivity index (χ2n) is 12.4. The standard InChI is InChI=1S/C44H27BO2/c1-2-13-28(14-3-1)41-32-17-4-6-19-34(32)42(35-20-7-5-18-33(35)41)30-16-10-15-29(27-30)31-21-11-23-37-44(31)47-40-26-12-25-39-43(40)45(37)36-22-8-9-24-38(36)46-39/h1-27H. The van der Waals surface area contributed by atoms with Crippen molar-refractivity contribution in [3.8, 4) is 56.4 Å². The lowest BCUT2D eigenvalue weighted by atomic mass is 9.34. The average molecular weight is 599 g/mol. The van der Waals surface area contributed by atoms with E-state index in [0.717, 1.165) is 45.1 Å². The molecule has 2 heterocycles. The molecule has 0 spiro atoms. The van der Waals surface area contributed by atoms with E-state index in [1.807, 2.05) is 18.2 Å². The Kier molecular flexibility index (Phi) is 5.70. The molecule has 0 fully saturated rings. The number of fused-ring (bicyclic) bond motifs is 6. The normalized spacial score (nSPS) is 12.6. The third kappa shape index (κ3) is 3.93. The molecule has 8 aromatic carbocycles. The van der Waals surface area contributed by atoms with Crippen molar-refractivity contribution < 1.29 is 9.47 Å². The minimum Gasteiger partial charge on any atom is -0.458 e. The maximum absolute atomic E-state index is 6.80. The summed E-state index contributed by atoms with van der Waals surface area (Å²) in [6.45, 7) is 0.0384. The van der Waals surface area contributed by atoms with E-state index in [2.05, 4.69) is 146 Å². The van der Waals surface area contributed by atoms with Gasteiger partial charge in [0.05, 0.1) is 0 Å². The van der Waals surface area contributed by atoms with Gasteiger partial charge in [-0.25, -0.2) is 0 Å². The fraction of sp³-hybridized carbons (Fsp3) is 0. The Bertz CT molecular complexity index is 2480. The minimum atomic E-state index is 0.0384. The van der Waals surface area contributed by atoms with Crippen molar-refractivity contribution >= 4 is 44.6 Å². The van der Waals surface area contributed by atoms with E-state index in [1.165, 1.54) is 49.3 Å². The highest BCUT2D eigenvalue weighted by molar-refractivity contribution is 6.98. The van der Waals surface area contributed by atoms with Crippen LogP contribution in [0.1, 0.15) is 0 Å². The molecule has 0 saturated heterocycles. The van der Waals surface area contributed by atoms with Gasteiger partial charge in [-0.1, -0.05) is 140 Å². The molecule has 0 unspecified atom stereocenters. The van der Waals surface area contributed by atoms with Gasteiger partial charge in [-0.05, 0) is 84.6 Å². The van der Waals surface area contributed by atoms with Gasteiger partial charge in [0.15, 0.2) is 0 Å². The molecular formula is C44H27BO2. The number of para-hydroxylation sites is 2. The van der Waals surface area contributed by atoms with E-state index in [0.29, 0.717) is 0 Å². The highest BCUT2D eigenvalue weighted by atomic mass is 16.5. The smallest absolute Gasteiger partial charge is 0.260 e. The molecule has 0 bridgehead atoms. The Balaban J connectivity index is 1.19. The Hall–Kier alpha value is -6.06. The molecule has 0 saturated carbocycles. The Morgan fingerprint density at radius 2 is 0.872 bits per heavy atom. The summed E-state index contributed by atoms with van der Waals surface area (Å²) in [5.74, 6) is 3.53. The summed E-state index contributed by atoms with van der Waals surface area (Å²) < 4.78 is 13.1. The predicted octanol–water partition coefficient (Wildman–Crippen LogP) is 9.72. The van der Waals surface area contributed by atoms with Crippen molar-refractivity contribution in [3.63, 3.8) is 0 Å². The number of hydrogen-bond acceptors (Lipinski definition) is 2. The molecule has 0 aliphatic carbocycles. The van der Waals surface area contributed by atoms with Crippen LogP contribution in [0.2, 0.25) is 0 Å². The van der Waals surface area contributed by atoms with Crippen LogP contribution in [0.4, 0.5) is 0 Å². The van der Waals surface area contributed by atoms with Crippen LogP contribution in [0.5, 0.6) is 23.0 Å². The molecule has 218 valence electrons. The predicted molar refractivity (Wildman–Crippen MR) is 195 cm³/mol. The monoisotopic (exact) mass is 598 g/mol. The number of hydrogen-bond donors (Lipinski definition) is 0. The van der Waals surface area contributed by atoms with Crippen LogP contribution >= 0.6 is 0 Å². The summed E-state index contributed by atoms with van der Waals surface area (Å²) in [6.07, 6.45) is 0. The molecule has 0 aromatic heterocycles. The zero-order valence-electron chi connectivity index (χ0n) is 25.5. The molecule has 47 heavy (non-hydrogen) atoms. The van der Waals surface area contributed by atoms with Crippen molar-refractivity contribution in [2.45, 2.75) is 0 Å². The molecule has 0 amide bonds. The summed E-state index contributed by atoms with van der Waals surface area (Å²) in [4.78, 5) is 0. The molecule has 10 rings (SSSR count). The van der Waals surface area contributed by atoms with Crippen molar-refractivity contribution in [3.05, 3.63) is 164 Å².